The third-order valence-electron chi connectivity index (χ3n) is 0. The van der Waals surface area contributed by atoms with Crippen molar-refractivity contribution in [3.05, 3.63) is 0 Å². The van der Waals surface area contributed by atoms with Crippen molar-refractivity contribution in [1.82, 2.24) is 0 Å². The minimum atomic E-state index is -4.61. The fourth-order valence-electron chi connectivity index (χ4n) is 0. The van der Waals surface area contributed by atoms with E-state index in [1.807, 2.05) is 0 Å². The van der Waals surface area contributed by atoms with Crippen LogP contribution in [0.5, 0.6) is 0 Å². The fourth-order valence-corrected chi connectivity index (χ4v) is 0. The van der Waals surface area contributed by atoms with Gasteiger partial charge in [-0.15, -0.1) is 0 Å². The van der Waals surface area contributed by atoms with Crippen LogP contribution in [0, 0.1) is 0 Å². The van der Waals surface area contributed by atoms with E-state index in [-0.39, 0.29) is 61.5 Å². The molecule has 4 nitrogen and oxygen atoms in total. The largest absolute Gasteiger partial charge is 1.00 e. The van der Waals surface area contributed by atoms with Gasteiger partial charge in [0, 0.05) is 41.2 Å². The van der Waals surface area contributed by atoms with Crippen molar-refractivity contribution in [3.63, 3.8) is 0 Å². The second-order valence-corrected chi connectivity index (χ2v) is 1.80. The Hall–Kier alpha value is 1.99. The van der Waals surface area contributed by atoms with Gasteiger partial charge in [-0.2, -0.15) is 0 Å². The average molecular weight is 217 g/mol. The first kappa shape index (κ1) is 22.5. The molecule has 0 aromatic carbocycles. The molecule has 0 amide bonds. The summed E-state index contributed by atoms with van der Waals surface area (Å²) >= 11 is 0. The Bertz CT molecular complexity index is 36.0. The number of rotatable bonds is 0. The van der Waals surface area contributed by atoms with Crippen molar-refractivity contribution in [3.8, 4) is 0 Å². The molecule has 0 aliphatic heterocycles. The number of hydrogen-bond donors (Lipinski definition) is 4. The van der Waals surface area contributed by atoms with E-state index in [0.29, 0.717) is 0 Å². The Balaban J connectivity index is -0.0000000133. The van der Waals surface area contributed by atoms with E-state index < -0.39 is 9.05 Å². The first-order valence-electron chi connectivity index (χ1n) is 0.894. The van der Waals surface area contributed by atoms with Crippen LogP contribution in [-0.4, -0.2) is 28.2 Å². The van der Waals surface area contributed by atoms with Crippen molar-refractivity contribution in [2.75, 3.05) is 0 Å². The van der Waals surface area contributed by atoms with Crippen LogP contribution >= 0.6 is 0 Å². The molecule has 0 saturated heterocycles. The monoisotopic (exact) mass is 216 g/mol. The molecule has 0 atom stereocenters. The second-order valence-electron chi connectivity index (χ2n) is 0.600. The first-order valence-corrected chi connectivity index (χ1v) is 2.68. The average Bonchev–Trinajstić information content (AvgIpc) is 0.722. The maximum atomic E-state index is 7.33. The Labute approximate surface area is 89.1 Å². The summed E-state index contributed by atoms with van der Waals surface area (Å²) in [6.45, 7) is 0. The SMILES string of the molecule is O[Si](O)(O)O.[H-].[Li+].[Ti].[Zn]. The third kappa shape index (κ3) is 98.5. The van der Waals surface area contributed by atoms with E-state index in [1.165, 1.54) is 0 Å². The molecule has 0 aromatic heterocycles. The van der Waals surface area contributed by atoms with Crippen molar-refractivity contribution in [2.24, 2.45) is 0 Å². The Morgan fingerprint density at radius 3 is 1.00 bits per heavy atom. The summed E-state index contributed by atoms with van der Waals surface area (Å²) in [5.74, 6) is 0. The second kappa shape index (κ2) is 8.99. The molecule has 8 heteroatoms. The van der Waals surface area contributed by atoms with Gasteiger partial charge in [-0.1, -0.05) is 0 Å². The van der Waals surface area contributed by atoms with Gasteiger partial charge in [-0.05, 0) is 0 Å². The zero-order chi connectivity index (χ0) is 4.50. The zero-order valence-corrected chi connectivity index (χ0v) is 10.0. The minimum Gasteiger partial charge on any atom is -1.00 e. The molecule has 0 fully saturated rings. The van der Waals surface area contributed by atoms with Crippen LogP contribution in [-0.2, 0) is 41.2 Å². The summed E-state index contributed by atoms with van der Waals surface area (Å²) in [4.78, 5) is 29.3. The molecule has 0 bridgehead atoms. The van der Waals surface area contributed by atoms with E-state index >= 15 is 0 Å². The van der Waals surface area contributed by atoms with Gasteiger partial charge in [-0.3, -0.25) is 0 Å². The summed E-state index contributed by atoms with van der Waals surface area (Å²) in [5.41, 5.74) is 0. The fraction of sp³-hybridized carbons (Fsp3) is 0. The topological polar surface area (TPSA) is 80.9 Å². The molecule has 0 saturated carbocycles. The van der Waals surface area contributed by atoms with Crippen LogP contribution in [0.3, 0.4) is 0 Å². The van der Waals surface area contributed by atoms with Gasteiger partial charge in [0.1, 0.15) is 0 Å². The van der Waals surface area contributed by atoms with Crippen molar-refractivity contribution in [1.29, 1.82) is 0 Å². The quantitative estimate of drug-likeness (QED) is 0.305. The van der Waals surface area contributed by atoms with E-state index in [2.05, 4.69) is 0 Å². The Morgan fingerprint density at radius 1 is 1.00 bits per heavy atom. The van der Waals surface area contributed by atoms with Crippen LogP contribution < -0.4 is 18.9 Å². The van der Waals surface area contributed by atoms with Gasteiger partial charge in [0.2, 0.25) is 0 Å². The molecule has 0 unspecified atom stereocenters. The van der Waals surface area contributed by atoms with Gasteiger partial charge in [0.05, 0.1) is 0 Å². The van der Waals surface area contributed by atoms with Crippen LogP contribution in [0.1, 0.15) is 1.43 Å². The van der Waals surface area contributed by atoms with Crippen molar-refractivity contribution in [2.45, 2.75) is 0 Å². The molecule has 0 aliphatic carbocycles. The Morgan fingerprint density at radius 2 is 1.00 bits per heavy atom. The first-order chi connectivity index (χ1) is 2.00. The van der Waals surface area contributed by atoms with Crippen LogP contribution in [0.2, 0.25) is 0 Å². The molecule has 0 aromatic rings. The van der Waals surface area contributed by atoms with E-state index in [1.54, 1.807) is 0 Å². The molecule has 4 N–H and O–H groups in total. The molecule has 0 aliphatic rings. The molecule has 0 rings (SSSR count). The summed E-state index contributed by atoms with van der Waals surface area (Å²) in [5, 5.41) is 0. The van der Waals surface area contributed by atoms with Crippen molar-refractivity contribution < 1.29 is 80.7 Å². The van der Waals surface area contributed by atoms with Crippen LogP contribution in [0.15, 0.2) is 0 Å². The van der Waals surface area contributed by atoms with E-state index in [0.717, 1.165) is 0 Å². The summed E-state index contributed by atoms with van der Waals surface area (Å²) in [6, 6.07) is 0. The van der Waals surface area contributed by atoms with E-state index in [4.69, 9.17) is 19.2 Å². The van der Waals surface area contributed by atoms with Gasteiger partial charge in [0.15, 0.2) is 0 Å². The standard InChI is InChI=1S/Li.H4O4Si.Ti.Zn.H/c;1-5(2,3)4;;;/h;1-4H;;;/q+1;;;;-1. The molecule has 8 heavy (non-hydrogen) atoms. The smallest absolute Gasteiger partial charge is 1.00 e. The maximum absolute atomic E-state index is 7.33. The zero-order valence-electron chi connectivity index (χ0n) is 5.50. The van der Waals surface area contributed by atoms with Crippen molar-refractivity contribution >= 4 is 9.05 Å². The molecule has 0 heterocycles. The van der Waals surface area contributed by atoms with Gasteiger partial charge < -0.3 is 20.6 Å². The summed E-state index contributed by atoms with van der Waals surface area (Å²) < 4.78 is 0. The molecule has 0 radical (unpaired) electrons. The van der Waals surface area contributed by atoms with Crippen LogP contribution in [0.25, 0.3) is 0 Å². The maximum Gasteiger partial charge on any atom is 1.00 e. The van der Waals surface area contributed by atoms with Gasteiger partial charge in [-0.25, -0.2) is 0 Å². The van der Waals surface area contributed by atoms with E-state index in [9.17, 15) is 0 Å². The molecule has 40 valence electrons. The summed E-state index contributed by atoms with van der Waals surface area (Å²) in [7, 11) is -4.61. The normalized spacial score (nSPS) is 7.50. The van der Waals surface area contributed by atoms with Gasteiger partial charge >= 0.3 is 27.9 Å². The van der Waals surface area contributed by atoms with Gasteiger partial charge in [0.25, 0.3) is 0 Å². The molecular formula is H5LiO4SiTiZn. The molecule has 0 spiro atoms. The number of hydrogen-bond acceptors (Lipinski definition) is 4. The molecular weight excluding hydrogens is 212 g/mol. The Kier molecular flexibility index (Phi) is 25.3. The summed E-state index contributed by atoms with van der Waals surface area (Å²) in [6.07, 6.45) is 0. The predicted octanol–water partition coefficient (Wildman–Crippen LogP) is -5.50. The third-order valence-corrected chi connectivity index (χ3v) is 0. The van der Waals surface area contributed by atoms with Crippen LogP contribution in [0.4, 0.5) is 0 Å². The predicted molar refractivity (Wildman–Crippen MR) is 15.7 cm³/mol. The minimum absolute atomic E-state index is 0.